The minimum Gasteiger partial charge on any atom is -0.298 e. The fourth-order valence-corrected chi connectivity index (χ4v) is 1.56. The van der Waals surface area contributed by atoms with E-state index in [0.717, 1.165) is 0 Å². The lowest BCUT2D eigenvalue weighted by atomic mass is 10.0. The normalized spacial score (nSPS) is 19.2. The average molecular weight is 173 g/mol. The summed E-state index contributed by atoms with van der Waals surface area (Å²) in [6.45, 7) is 9.53. The molecule has 1 aliphatic heterocycles. The topological polar surface area (TPSA) is 3.24 Å². The molecular formula is C11H27N. The van der Waals surface area contributed by atoms with Gasteiger partial charge in [0.1, 0.15) is 0 Å². The first-order chi connectivity index (χ1) is 4.61. The van der Waals surface area contributed by atoms with E-state index in [9.17, 15) is 0 Å². The zero-order valence-electron chi connectivity index (χ0n) is 7.48. The Kier molecular flexibility index (Phi) is 6.73. The maximum absolute atomic E-state index is 2.58. The summed E-state index contributed by atoms with van der Waals surface area (Å²) >= 11 is 0. The lowest BCUT2D eigenvalue weighted by Gasteiger charge is -2.38. The van der Waals surface area contributed by atoms with Gasteiger partial charge in [-0.3, -0.25) is 4.90 Å². The van der Waals surface area contributed by atoms with E-state index in [2.05, 4.69) is 25.7 Å². The zero-order valence-corrected chi connectivity index (χ0v) is 7.48. The average Bonchev–Trinajstić information content (AvgIpc) is 1.88. The first-order valence-electron chi connectivity index (χ1n) is 4.36. The predicted molar refractivity (Wildman–Crippen MR) is 58.6 cm³/mol. The van der Waals surface area contributed by atoms with Crippen molar-refractivity contribution in [3.05, 3.63) is 0 Å². The van der Waals surface area contributed by atoms with E-state index in [4.69, 9.17) is 0 Å². The second-order valence-electron chi connectivity index (χ2n) is 4.22. The number of piperidine rings is 1. The van der Waals surface area contributed by atoms with E-state index in [-0.39, 0.29) is 14.9 Å². The van der Waals surface area contributed by atoms with Gasteiger partial charge in [0.05, 0.1) is 0 Å². The smallest absolute Gasteiger partial charge is 0.0125 e. The van der Waals surface area contributed by atoms with Crippen molar-refractivity contribution in [1.82, 2.24) is 4.90 Å². The third-order valence-electron chi connectivity index (χ3n) is 2.30. The summed E-state index contributed by atoms with van der Waals surface area (Å²) in [7, 11) is 0. The molecule has 0 aliphatic carbocycles. The molecule has 0 aromatic heterocycles. The van der Waals surface area contributed by atoms with Gasteiger partial charge in [0.2, 0.25) is 0 Å². The molecule has 0 saturated carbocycles. The minimum atomic E-state index is 0. The van der Waals surface area contributed by atoms with Gasteiger partial charge >= 0.3 is 0 Å². The maximum Gasteiger partial charge on any atom is 0.0125 e. The summed E-state index contributed by atoms with van der Waals surface area (Å²) in [5.41, 5.74) is 0.403. The number of hydrogen-bond acceptors (Lipinski definition) is 1. The van der Waals surface area contributed by atoms with Gasteiger partial charge in [-0.25, -0.2) is 0 Å². The predicted octanol–water partition coefficient (Wildman–Crippen LogP) is 3.54. The molecule has 1 rings (SSSR count). The number of likely N-dealkylation sites (tertiary alicyclic amines) is 1. The van der Waals surface area contributed by atoms with Crippen LogP contribution < -0.4 is 0 Å². The molecule has 1 heterocycles. The van der Waals surface area contributed by atoms with Crippen LogP contribution in [0, 0.1) is 0 Å². The van der Waals surface area contributed by atoms with Gasteiger partial charge in [-0.2, -0.15) is 0 Å². The Labute approximate surface area is 79.2 Å². The summed E-state index contributed by atoms with van der Waals surface area (Å²) in [5, 5.41) is 0. The van der Waals surface area contributed by atoms with E-state index in [1.807, 2.05) is 0 Å². The highest BCUT2D eigenvalue weighted by atomic mass is 15.2. The van der Waals surface area contributed by atoms with Crippen molar-refractivity contribution in [1.29, 1.82) is 0 Å². The van der Waals surface area contributed by atoms with Crippen molar-refractivity contribution in [3.63, 3.8) is 0 Å². The second-order valence-corrected chi connectivity index (χ2v) is 4.22. The highest BCUT2D eigenvalue weighted by Gasteiger charge is 2.21. The molecule has 1 fully saturated rings. The lowest BCUT2D eigenvalue weighted by Crippen LogP contribution is -2.44. The molecule has 1 aliphatic rings. The molecule has 0 amide bonds. The van der Waals surface area contributed by atoms with Gasteiger partial charge in [0, 0.05) is 5.54 Å². The summed E-state index contributed by atoms with van der Waals surface area (Å²) in [5.74, 6) is 0. The first kappa shape index (κ1) is 14.5. The summed E-state index contributed by atoms with van der Waals surface area (Å²) in [4.78, 5) is 2.58. The van der Waals surface area contributed by atoms with E-state index >= 15 is 0 Å². The fourth-order valence-electron chi connectivity index (χ4n) is 1.56. The van der Waals surface area contributed by atoms with Gasteiger partial charge in [-0.05, 0) is 46.7 Å². The Morgan fingerprint density at radius 3 is 1.50 bits per heavy atom. The molecular weight excluding hydrogens is 146 g/mol. The van der Waals surface area contributed by atoms with Crippen LogP contribution in [0.15, 0.2) is 0 Å². The van der Waals surface area contributed by atoms with Crippen LogP contribution in [-0.4, -0.2) is 23.5 Å². The summed E-state index contributed by atoms with van der Waals surface area (Å²) in [6.07, 6.45) is 4.24. The van der Waals surface area contributed by atoms with Gasteiger partial charge in [-0.15, -0.1) is 0 Å². The molecule has 0 bridgehead atoms. The van der Waals surface area contributed by atoms with Crippen LogP contribution in [0.3, 0.4) is 0 Å². The minimum absolute atomic E-state index is 0. The third-order valence-corrected chi connectivity index (χ3v) is 2.30. The van der Waals surface area contributed by atoms with Crippen molar-refractivity contribution in [2.75, 3.05) is 13.1 Å². The lowest BCUT2D eigenvalue weighted by molar-refractivity contribution is 0.111. The fraction of sp³-hybridized carbons (Fsp3) is 1.00. The second kappa shape index (κ2) is 5.58. The van der Waals surface area contributed by atoms with Gasteiger partial charge < -0.3 is 0 Å². The number of rotatable bonds is 0. The summed E-state index contributed by atoms with van der Waals surface area (Å²) < 4.78 is 0. The third kappa shape index (κ3) is 4.10. The molecule has 0 aromatic carbocycles. The van der Waals surface area contributed by atoms with Crippen LogP contribution in [0.4, 0.5) is 0 Å². The SMILES string of the molecule is C.C.CC(C)(C)N1CCCCC1. The van der Waals surface area contributed by atoms with Crippen molar-refractivity contribution in [2.24, 2.45) is 0 Å². The Hall–Kier alpha value is -0.0400. The van der Waals surface area contributed by atoms with Crippen LogP contribution in [0.5, 0.6) is 0 Å². The molecule has 0 N–H and O–H groups in total. The molecule has 1 heteroatoms. The zero-order chi connectivity index (χ0) is 7.61. The molecule has 1 saturated heterocycles. The highest BCUT2D eigenvalue weighted by molar-refractivity contribution is 4.78. The number of hydrogen-bond donors (Lipinski definition) is 0. The standard InChI is InChI=1S/C9H19N.2CH4/c1-9(2,3)10-7-5-4-6-8-10;;/h4-8H2,1-3H3;2*1H4. The van der Waals surface area contributed by atoms with Gasteiger partial charge in [0.15, 0.2) is 0 Å². The van der Waals surface area contributed by atoms with Crippen molar-refractivity contribution in [2.45, 2.75) is 60.4 Å². The maximum atomic E-state index is 2.58. The van der Waals surface area contributed by atoms with Crippen LogP contribution in [0.2, 0.25) is 0 Å². The quantitative estimate of drug-likeness (QED) is 0.541. The monoisotopic (exact) mass is 173 g/mol. The van der Waals surface area contributed by atoms with E-state index in [1.54, 1.807) is 0 Å². The van der Waals surface area contributed by atoms with Crippen molar-refractivity contribution >= 4 is 0 Å². The van der Waals surface area contributed by atoms with E-state index < -0.39 is 0 Å². The first-order valence-corrected chi connectivity index (χ1v) is 4.36. The molecule has 0 aromatic rings. The van der Waals surface area contributed by atoms with Crippen LogP contribution in [0.25, 0.3) is 0 Å². The van der Waals surface area contributed by atoms with E-state index in [1.165, 1.54) is 32.4 Å². The Balaban J connectivity index is 0. The Bertz CT molecular complexity index is 96.1. The Morgan fingerprint density at radius 1 is 0.833 bits per heavy atom. The molecule has 1 nitrogen and oxygen atoms in total. The Morgan fingerprint density at radius 2 is 1.25 bits per heavy atom. The molecule has 0 unspecified atom stereocenters. The van der Waals surface area contributed by atoms with Crippen molar-refractivity contribution < 1.29 is 0 Å². The molecule has 0 radical (unpaired) electrons. The van der Waals surface area contributed by atoms with Gasteiger partial charge in [-0.1, -0.05) is 21.3 Å². The largest absolute Gasteiger partial charge is 0.298 e. The molecule has 0 atom stereocenters. The molecule has 0 spiro atoms. The number of nitrogens with zero attached hydrogens (tertiary/aromatic N) is 1. The van der Waals surface area contributed by atoms with Gasteiger partial charge in [0.25, 0.3) is 0 Å². The molecule has 12 heavy (non-hydrogen) atoms. The van der Waals surface area contributed by atoms with E-state index in [0.29, 0.717) is 5.54 Å². The van der Waals surface area contributed by atoms with Crippen molar-refractivity contribution in [3.8, 4) is 0 Å². The highest BCUT2D eigenvalue weighted by Crippen LogP contribution is 2.18. The van der Waals surface area contributed by atoms with Crippen LogP contribution >= 0.6 is 0 Å². The summed E-state index contributed by atoms with van der Waals surface area (Å²) in [6, 6.07) is 0. The van der Waals surface area contributed by atoms with Crippen LogP contribution in [0.1, 0.15) is 54.9 Å². The van der Waals surface area contributed by atoms with Crippen LogP contribution in [-0.2, 0) is 0 Å². The molecule has 76 valence electrons.